The SMILES string of the molecule is Cc1nn(-c2ccccc2)c2sc(C(=O)N3CCC(C(=O)N4CCCCCC4)CC3)cc12. The number of para-hydroxylation sites is 1. The molecule has 32 heavy (non-hydrogen) atoms. The molecule has 1 aromatic carbocycles. The van der Waals surface area contributed by atoms with Gasteiger partial charge in [0.2, 0.25) is 5.91 Å². The lowest BCUT2D eigenvalue weighted by Crippen LogP contribution is -2.44. The molecule has 5 rings (SSSR count). The summed E-state index contributed by atoms with van der Waals surface area (Å²) in [6, 6.07) is 12.0. The molecule has 2 aliphatic heterocycles. The highest BCUT2D eigenvalue weighted by molar-refractivity contribution is 7.20. The minimum atomic E-state index is 0.0634. The summed E-state index contributed by atoms with van der Waals surface area (Å²) < 4.78 is 1.93. The molecule has 0 atom stereocenters. The zero-order valence-electron chi connectivity index (χ0n) is 18.6. The maximum Gasteiger partial charge on any atom is 0.264 e. The van der Waals surface area contributed by atoms with Crippen molar-refractivity contribution in [1.29, 1.82) is 0 Å². The first-order valence-corrected chi connectivity index (χ1v) is 12.6. The van der Waals surface area contributed by atoms with E-state index in [2.05, 4.69) is 10.00 Å². The Morgan fingerprint density at radius 3 is 2.31 bits per heavy atom. The fourth-order valence-electron chi connectivity index (χ4n) is 4.93. The molecule has 0 saturated carbocycles. The molecule has 0 bridgehead atoms. The van der Waals surface area contributed by atoms with Gasteiger partial charge < -0.3 is 9.80 Å². The first-order valence-electron chi connectivity index (χ1n) is 11.7. The minimum Gasteiger partial charge on any atom is -0.342 e. The van der Waals surface area contributed by atoms with E-state index in [0.717, 1.165) is 65.2 Å². The van der Waals surface area contributed by atoms with Gasteiger partial charge in [-0.2, -0.15) is 5.10 Å². The number of benzene rings is 1. The number of amides is 2. The Balaban J connectivity index is 1.28. The van der Waals surface area contributed by atoms with Gasteiger partial charge in [0.25, 0.3) is 5.91 Å². The van der Waals surface area contributed by atoms with Gasteiger partial charge in [-0.15, -0.1) is 11.3 Å². The molecule has 2 aromatic heterocycles. The lowest BCUT2D eigenvalue weighted by atomic mass is 9.95. The van der Waals surface area contributed by atoms with Crippen molar-refractivity contribution in [2.45, 2.75) is 45.4 Å². The Labute approximate surface area is 192 Å². The van der Waals surface area contributed by atoms with Crippen molar-refractivity contribution >= 4 is 33.4 Å². The molecule has 0 N–H and O–H groups in total. The number of thiophene rings is 1. The normalized spacial score (nSPS) is 18.2. The number of nitrogens with zero attached hydrogens (tertiary/aromatic N) is 4. The summed E-state index contributed by atoms with van der Waals surface area (Å²) in [4.78, 5) is 32.0. The molecule has 0 aliphatic carbocycles. The predicted molar refractivity (Wildman–Crippen MR) is 127 cm³/mol. The largest absolute Gasteiger partial charge is 0.342 e. The van der Waals surface area contributed by atoms with Crippen LogP contribution >= 0.6 is 11.3 Å². The topological polar surface area (TPSA) is 58.4 Å². The van der Waals surface area contributed by atoms with Gasteiger partial charge in [-0.05, 0) is 50.8 Å². The molecule has 2 saturated heterocycles. The van der Waals surface area contributed by atoms with E-state index in [1.54, 1.807) is 0 Å². The van der Waals surface area contributed by atoms with Gasteiger partial charge in [-0.1, -0.05) is 31.0 Å². The van der Waals surface area contributed by atoms with E-state index in [1.807, 2.05) is 52.9 Å². The summed E-state index contributed by atoms with van der Waals surface area (Å²) in [5, 5.41) is 5.71. The molecule has 2 amide bonds. The number of hydrogen-bond donors (Lipinski definition) is 0. The number of aryl methyl sites for hydroxylation is 1. The molecule has 6 nitrogen and oxygen atoms in total. The van der Waals surface area contributed by atoms with E-state index in [9.17, 15) is 9.59 Å². The zero-order valence-corrected chi connectivity index (χ0v) is 19.4. The van der Waals surface area contributed by atoms with Crippen LogP contribution in [0.25, 0.3) is 15.9 Å². The van der Waals surface area contributed by atoms with Crippen LogP contribution in [0.3, 0.4) is 0 Å². The summed E-state index contributed by atoms with van der Waals surface area (Å²) in [7, 11) is 0. The van der Waals surface area contributed by atoms with Crippen molar-refractivity contribution in [3.8, 4) is 5.69 Å². The fraction of sp³-hybridized carbons (Fsp3) is 0.480. The highest BCUT2D eigenvalue weighted by Crippen LogP contribution is 2.32. The van der Waals surface area contributed by atoms with Gasteiger partial charge in [0.05, 0.1) is 16.3 Å². The van der Waals surface area contributed by atoms with E-state index in [1.165, 1.54) is 24.2 Å². The van der Waals surface area contributed by atoms with Gasteiger partial charge in [0, 0.05) is 37.5 Å². The molecule has 0 spiro atoms. The molecule has 4 heterocycles. The molecule has 0 radical (unpaired) electrons. The first-order chi connectivity index (χ1) is 15.6. The van der Waals surface area contributed by atoms with E-state index in [-0.39, 0.29) is 11.8 Å². The number of aromatic nitrogens is 2. The maximum atomic E-state index is 13.3. The van der Waals surface area contributed by atoms with Crippen LogP contribution < -0.4 is 0 Å². The quantitative estimate of drug-likeness (QED) is 0.584. The number of fused-ring (bicyclic) bond motifs is 1. The third kappa shape index (κ3) is 4.06. The number of hydrogen-bond acceptors (Lipinski definition) is 4. The predicted octanol–water partition coefficient (Wildman–Crippen LogP) is 4.65. The van der Waals surface area contributed by atoms with Crippen molar-refractivity contribution in [3.63, 3.8) is 0 Å². The van der Waals surface area contributed by atoms with E-state index in [4.69, 9.17) is 0 Å². The summed E-state index contributed by atoms with van der Waals surface area (Å²) >= 11 is 1.51. The number of likely N-dealkylation sites (tertiary alicyclic amines) is 2. The maximum absolute atomic E-state index is 13.3. The lowest BCUT2D eigenvalue weighted by molar-refractivity contribution is -0.136. The minimum absolute atomic E-state index is 0.0634. The van der Waals surface area contributed by atoms with Crippen molar-refractivity contribution in [1.82, 2.24) is 19.6 Å². The molecule has 2 aliphatic rings. The van der Waals surface area contributed by atoms with Crippen LogP contribution in [0.5, 0.6) is 0 Å². The number of carbonyl (C=O) groups excluding carboxylic acids is 2. The number of rotatable bonds is 3. The standard InChI is InChI=1S/C25H30N4O2S/c1-18-21-17-22(32-25(21)29(26-18)20-9-5-4-6-10-20)24(31)28-15-11-19(12-16-28)23(30)27-13-7-2-3-8-14-27/h4-6,9-10,17,19H,2-3,7-8,11-16H2,1H3. The Morgan fingerprint density at radius 2 is 1.62 bits per heavy atom. The molecule has 168 valence electrons. The van der Waals surface area contributed by atoms with Crippen molar-refractivity contribution in [3.05, 3.63) is 47.0 Å². The summed E-state index contributed by atoms with van der Waals surface area (Å²) in [5.41, 5.74) is 1.93. The van der Waals surface area contributed by atoms with Crippen LogP contribution in [0, 0.1) is 12.8 Å². The van der Waals surface area contributed by atoms with Crippen molar-refractivity contribution in [2.24, 2.45) is 5.92 Å². The van der Waals surface area contributed by atoms with Gasteiger partial charge in [0.15, 0.2) is 0 Å². The summed E-state index contributed by atoms with van der Waals surface area (Å²) in [6.07, 6.45) is 6.23. The van der Waals surface area contributed by atoms with Crippen LogP contribution in [0.15, 0.2) is 36.4 Å². The fourth-order valence-corrected chi connectivity index (χ4v) is 6.08. The third-order valence-corrected chi connectivity index (χ3v) is 7.90. The van der Waals surface area contributed by atoms with Crippen molar-refractivity contribution < 1.29 is 9.59 Å². The first kappa shape index (κ1) is 21.2. The van der Waals surface area contributed by atoms with Gasteiger partial charge in [-0.3, -0.25) is 9.59 Å². The Bertz CT molecular complexity index is 1100. The molecular formula is C25H30N4O2S. The number of carbonyl (C=O) groups is 2. The van der Waals surface area contributed by atoms with Crippen molar-refractivity contribution in [2.75, 3.05) is 26.2 Å². The molecule has 7 heteroatoms. The van der Waals surface area contributed by atoms with Gasteiger partial charge in [-0.25, -0.2) is 4.68 Å². The summed E-state index contributed by atoms with van der Waals surface area (Å²) in [5.74, 6) is 0.443. The molecule has 3 aromatic rings. The molecule has 2 fully saturated rings. The van der Waals surface area contributed by atoms with Gasteiger partial charge in [0.1, 0.15) is 4.83 Å². The number of piperidine rings is 1. The van der Waals surface area contributed by atoms with E-state index < -0.39 is 0 Å². The van der Waals surface area contributed by atoms with Crippen LogP contribution in [0.2, 0.25) is 0 Å². The molecule has 0 unspecified atom stereocenters. The third-order valence-electron chi connectivity index (χ3n) is 6.81. The average Bonchev–Trinajstić information content (AvgIpc) is 3.27. The second kappa shape index (κ2) is 9.06. The zero-order chi connectivity index (χ0) is 22.1. The van der Waals surface area contributed by atoms with E-state index >= 15 is 0 Å². The second-order valence-corrected chi connectivity index (χ2v) is 10.00. The molecular weight excluding hydrogens is 420 g/mol. The van der Waals surface area contributed by atoms with Crippen LogP contribution in [0.1, 0.15) is 53.9 Å². The highest BCUT2D eigenvalue weighted by Gasteiger charge is 2.31. The van der Waals surface area contributed by atoms with E-state index in [0.29, 0.717) is 19.0 Å². The Hall–Kier alpha value is -2.67. The lowest BCUT2D eigenvalue weighted by Gasteiger charge is -2.33. The van der Waals surface area contributed by atoms with Crippen LogP contribution in [-0.4, -0.2) is 57.6 Å². The Kier molecular flexibility index (Phi) is 6.00. The Morgan fingerprint density at radius 1 is 0.938 bits per heavy atom. The average molecular weight is 451 g/mol. The smallest absolute Gasteiger partial charge is 0.264 e. The van der Waals surface area contributed by atoms with Gasteiger partial charge >= 0.3 is 0 Å². The van der Waals surface area contributed by atoms with Crippen LogP contribution in [0.4, 0.5) is 0 Å². The highest BCUT2D eigenvalue weighted by atomic mass is 32.1. The second-order valence-electron chi connectivity index (χ2n) is 8.97. The van der Waals surface area contributed by atoms with Crippen LogP contribution in [-0.2, 0) is 4.79 Å². The monoisotopic (exact) mass is 450 g/mol. The summed E-state index contributed by atoms with van der Waals surface area (Å²) in [6.45, 7) is 5.10.